The van der Waals surface area contributed by atoms with Crippen LogP contribution in [0.5, 0.6) is 0 Å². The van der Waals surface area contributed by atoms with Gasteiger partial charge >= 0.3 is 3.93 Å². The lowest BCUT2D eigenvalue weighted by atomic mass is 10.1. The van der Waals surface area contributed by atoms with Crippen molar-refractivity contribution in [2.75, 3.05) is 22.4 Å². The smallest absolute Gasteiger partial charge is 0.300 e. The van der Waals surface area contributed by atoms with E-state index in [1.165, 1.54) is 22.6 Å². The maximum Gasteiger partial charge on any atom is 0.300 e. The molecule has 0 unspecified atom stereocenters. The van der Waals surface area contributed by atoms with Crippen LogP contribution in [0.2, 0.25) is 0 Å². The highest BCUT2D eigenvalue weighted by atomic mass is 127. The van der Waals surface area contributed by atoms with Crippen molar-refractivity contribution in [1.82, 2.24) is 0 Å². The minimum absolute atomic E-state index is 0.201. The van der Waals surface area contributed by atoms with Crippen LogP contribution in [0.15, 0.2) is 24.3 Å². The van der Waals surface area contributed by atoms with Gasteiger partial charge in [0, 0.05) is 29.6 Å². The summed E-state index contributed by atoms with van der Waals surface area (Å²) >= 11 is 3.55. The molecule has 0 aliphatic carbocycles. The molecule has 0 amide bonds. The second-order valence-corrected chi connectivity index (χ2v) is 7.11. The number of nitrogens with zero attached hydrogens (tertiary/aromatic N) is 1. The van der Waals surface area contributed by atoms with Crippen molar-refractivity contribution in [2.24, 2.45) is 0 Å². The summed E-state index contributed by atoms with van der Waals surface area (Å²) < 4.78 is 24.8. The van der Waals surface area contributed by atoms with Gasteiger partial charge < -0.3 is 4.90 Å². The molecule has 0 bridgehead atoms. The Kier molecular flexibility index (Phi) is 7.86. The van der Waals surface area contributed by atoms with Gasteiger partial charge in [-0.15, -0.1) is 0 Å². The highest BCUT2D eigenvalue weighted by Crippen LogP contribution is 2.32. The Morgan fingerprint density at radius 1 is 1.21 bits per heavy atom. The van der Waals surface area contributed by atoms with E-state index >= 15 is 0 Å². The summed E-state index contributed by atoms with van der Waals surface area (Å²) in [6, 6.07) is 7.54. The Hall–Kier alpha value is 0.340. The largest absolute Gasteiger partial charge is 0.371 e. The van der Waals surface area contributed by atoms with E-state index in [4.69, 9.17) is 0 Å². The van der Waals surface area contributed by atoms with Crippen LogP contribution in [0.1, 0.15) is 25.3 Å². The lowest BCUT2D eigenvalue weighted by molar-refractivity contribution is 0.128. The molecule has 0 saturated carbocycles. The van der Waals surface area contributed by atoms with Gasteiger partial charge in [-0.1, -0.05) is 54.1 Å². The molecule has 1 nitrogen and oxygen atoms in total. The van der Waals surface area contributed by atoms with Gasteiger partial charge in [-0.2, -0.15) is 8.78 Å². The Morgan fingerprint density at radius 3 is 2.47 bits per heavy atom. The first-order valence-corrected chi connectivity index (χ1v) is 9.04. The fraction of sp³-hybridized carbons (Fsp3) is 0.571. The van der Waals surface area contributed by atoms with E-state index in [1.54, 1.807) is 0 Å². The average molecular weight is 493 g/mol. The standard InChI is InChI=1S/C14H19F2I2N/c1-2-3-9-19(10-8-17)13-7-5-4-6-12(13)11-14(15,16)18/h4-7H,2-3,8-11H2,1H3. The summed E-state index contributed by atoms with van der Waals surface area (Å²) in [5.74, 6) is 0. The third kappa shape index (κ3) is 6.55. The van der Waals surface area contributed by atoms with Crippen LogP contribution < -0.4 is 4.90 Å². The van der Waals surface area contributed by atoms with E-state index in [9.17, 15) is 8.78 Å². The predicted octanol–water partition coefficient (Wildman–Crippen LogP) is 5.30. The van der Waals surface area contributed by atoms with Gasteiger partial charge in [0.2, 0.25) is 0 Å². The van der Waals surface area contributed by atoms with Crippen molar-refractivity contribution in [3.8, 4) is 0 Å². The average Bonchev–Trinajstić information content (AvgIpc) is 2.33. The minimum atomic E-state index is -2.69. The maximum absolute atomic E-state index is 13.3. The number of rotatable bonds is 8. The number of alkyl halides is 4. The third-order valence-corrected chi connectivity index (χ3v) is 3.72. The predicted molar refractivity (Wildman–Crippen MR) is 95.1 cm³/mol. The lowest BCUT2D eigenvalue weighted by Crippen LogP contribution is -2.28. The van der Waals surface area contributed by atoms with Crippen molar-refractivity contribution in [1.29, 1.82) is 0 Å². The number of hydrogen-bond donors (Lipinski definition) is 0. The maximum atomic E-state index is 13.3. The first kappa shape index (κ1) is 17.4. The van der Waals surface area contributed by atoms with E-state index in [1.807, 2.05) is 24.3 Å². The van der Waals surface area contributed by atoms with Crippen LogP contribution in [0, 0.1) is 0 Å². The summed E-state index contributed by atoms with van der Waals surface area (Å²) in [5.41, 5.74) is 1.70. The van der Waals surface area contributed by atoms with E-state index < -0.39 is 3.93 Å². The summed E-state index contributed by atoms with van der Waals surface area (Å²) in [6.45, 7) is 3.99. The normalized spacial score (nSPS) is 11.6. The van der Waals surface area contributed by atoms with Gasteiger partial charge in [-0.05, 0) is 40.6 Å². The Morgan fingerprint density at radius 2 is 1.89 bits per heavy atom. The molecule has 0 aliphatic rings. The zero-order valence-electron chi connectivity index (χ0n) is 11.0. The second kappa shape index (κ2) is 8.59. The Balaban J connectivity index is 2.94. The zero-order chi connectivity index (χ0) is 14.3. The molecule has 1 rings (SSSR count). The molecule has 0 spiro atoms. The molecule has 1 aromatic carbocycles. The molecule has 1 aromatic rings. The Labute approximate surface area is 141 Å². The topological polar surface area (TPSA) is 3.24 Å². The van der Waals surface area contributed by atoms with Crippen molar-refractivity contribution < 1.29 is 8.78 Å². The van der Waals surface area contributed by atoms with Crippen LogP contribution in [-0.4, -0.2) is 21.4 Å². The van der Waals surface area contributed by atoms with Crippen LogP contribution in [0.4, 0.5) is 14.5 Å². The molecule has 0 heterocycles. The van der Waals surface area contributed by atoms with Gasteiger partial charge in [0.1, 0.15) is 0 Å². The molecule has 19 heavy (non-hydrogen) atoms. The molecule has 108 valence electrons. The Bertz CT molecular complexity index is 380. The van der Waals surface area contributed by atoms with Gasteiger partial charge in [-0.25, -0.2) is 0 Å². The molecule has 0 atom stereocenters. The molecular weight excluding hydrogens is 474 g/mol. The molecule has 0 fully saturated rings. The lowest BCUT2D eigenvalue weighted by Gasteiger charge is -2.27. The highest BCUT2D eigenvalue weighted by molar-refractivity contribution is 14.1. The molecule has 0 saturated heterocycles. The third-order valence-electron chi connectivity index (χ3n) is 2.86. The molecule has 0 N–H and O–H groups in total. The summed E-state index contributed by atoms with van der Waals surface area (Å²) in [7, 11) is 0. The van der Waals surface area contributed by atoms with Gasteiger partial charge in [-0.3, -0.25) is 0 Å². The molecule has 0 aliphatic heterocycles. The zero-order valence-corrected chi connectivity index (χ0v) is 15.3. The number of hydrogen-bond acceptors (Lipinski definition) is 1. The number of unbranched alkanes of at least 4 members (excludes halogenated alkanes) is 1. The molecule has 0 aromatic heterocycles. The van der Waals surface area contributed by atoms with E-state index in [-0.39, 0.29) is 6.42 Å². The molecule has 5 heteroatoms. The van der Waals surface area contributed by atoms with Crippen LogP contribution in [0.25, 0.3) is 0 Å². The van der Waals surface area contributed by atoms with Crippen LogP contribution >= 0.6 is 45.2 Å². The van der Waals surface area contributed by atoms with Crippen molar-refractivity contribution in [2.45, 2.75) is 30.1 Å². The fourth-order valence-corrected chi connectivity index (χ4v) is 2.98. The van der Waals surface area contributed by atoms with Gasteiger partial charge in [0.15, 0.2) is 0 Å². The first-order chi connectivity index (χ1) is 8.98. The van der Waals surface area contributed by atoms with Crippen molar-refractivity contribution >= 4 is 50.9 Å². The number of para-hydroxylation sites is 1. The highest BCUT2D eigenvalue weighted by Gasteiger charge is 2.26. The first-order valence-electron chi connectivity index (χ1n) is 6.43. The summed E-state index contributed by atoms with van der Waals surface area (Å²) in [4.78, 5) is 2.23. The van der Waals surface area contributed by atoms with Crippen molar-refractivity contribution in [3.63, 3.8) is 0 Å². The van der Waals surface area contributed by atoms with Crippen LogP contribution in [0.3, 0.4) is 0 Å². The fourth-order valence-electron chi connectivity index (χ4n) is 1.99. The summed E-state index contributed by atoms with van der Waals surface area (Å²) in [5, 5.41) is 0. The van der Waals surface area contributed by atoms with E-state index in [2.05, 4.69) is 34.4 Å². The van der Waals surface area contributed by atoms with Gasteiger partial charge in [0.25, 0.3) is 0 Å². The summed E-state index contributed by atoms with van der Waals surface area (Å²) in [6.07, 6.45) is 2.00. The quantitative estimate of drug-likeness (QED) is 0.351. The van der Waals surface area contributed by atoms with E-state index in [0.29, 0.717) is 0 Å². The number of halogens is 4. The molecular formula is C14H19F2I2N. The number of anilines is 1. The molecule has 0 radical (unpaired) electrons. The van der Waals surface area contributed by atoms with Gasteiger partial charge in [0.05, 0.1) is 0 Å². The van der Waals surface area contributed by atoms with Crippen molar-refractivity contribution in [3.05, 3.63) is 29.8 Å². The van der Waals surface area contributed by atoms with E-state index in [0.717, 1.165) is 41.6 Å². The minimum Gasteiger partial charge on any atom is -0.371 e. The second-order valence-electron chi connectivity index (χ2n) is 4.45. The number of benzene rings is 1. The SMILES string of the molecule is CCCCN(CCI)c1ccccc1CC(F)(F)I. The van der Waals surface area contributed by atoms with Crippen LogP contribution in [-0.2, 0) is 6.42 Å². The monoisotopic (exact) mass is 493 g/mol.